The molecular formula is C27H25FN2O3. The average molecular weight is 445 g/mol. The zero-order valence-corrected chi connectivity index (χ0v) is 18.2. The smallest absolute Gasteiger partial charge is 0.256 e. The summed E-state index contributed by atoms with van der Waals surface area (Å²) in [6.45, 7) is 1.43. The molecule has 0 N–H and O–H groups in total. The highest BCUT2D eigenvalue weighted by Crippen LogP contribution is 2.20. The van der Waals surface area contributed by atoms with E-state index in [2.05, 4.69) is 0 Å². The summed E-state index contributed by atoms with van der Waals surface area (Å²) < 4.78 is 13.9. The lowest BCUT2D eigenvalue weighted by atomic mass is 10.0. The monoisotopic (exact) mass is 444 g/mol. The molecular weight excluding hydrogens is 419 g/mol. The molecule has 33 heavy (non-hydrogen) atoms. The Morgan fingerprint density at radius 2 is 1.24 bits per heavy atom. The molecule has 0 spiro atoms. The lowest BCUT2D eigenvalue weighted by molar-refractivity contribution is -0.132. The van der Waals surface area contributed by atoms with Gasteiger partial charge in [-0.25, -0.2) is 4.39 Å². The number of hydrogen-bond donors (Lipinski definition) is 0. The van der Waals surface area contributed by atoms with Crippen LogP contribution in [0.15, 0.2) is 78.9 Å². The first-order valence-corrected chi connectivity index (χ1v) is 11.0. The van der Waals surface area contributed by atoms with Crippen LogP contribution in [0.4, 0.5) is 4.39 Å². The zero-order chi connectivity index (χ0) is 23.2. The van der Waals surface area contributed by atoms with E-state index in [-0.39, 0.29) is 36.0 Å². The Kier molecular flexibility index (Phi) is 6.93. The van der Waals surface area contributed by atoms with E-state index in [0.29, 0.717) is 31.7 Å². The number of carbonyl (C=O) groups is 3. The molecule has 0 unspecified atom stereocenters. The number of piperazine rings is 1. The minimum atomic E-state index is -0.545. The molecule has 1 aliphatic heterocycles. The van der Waals surface area contributed by atoms with E-state index in [1.165, 1.54) is 12.1 Å². The molecule has 5 nitrogen and oxygen atoms in total. The second-order valence-corrected chi connectivity index (χ2v) is 8.02. The van der Waals surface area contributed by atoms with Crippen molar-refractivity contribution in [3.05, 3.63) is 95.8 Å². The van der Waals surface area contributed by atoms with Gasteiger partial charge in [0.05, 0.1) is 5.56 Å². The van der Waals surface area contributed by atoms with Gasteiger partial charge in [0, 0.05) is 44.6 Å². The molecule has 1 aliphatic rings. The third kappa shape index (κ3) is 5.34. The fraction of sp³-hybridized carbons (Fsp3) is 0.222. The topological polar surface area (TPSA) is 57.7 Å². The van der Waals surface area contributed by atoms with Crippen molar-refractivity contribution in [1.82, 2.24) is 9.80 Å². The standard InChI is InChI=1S/C27H25FN2O3/c28-24-9-5-4-8-23(24)27(33)30-18-16-29(17-19-30)26(32)15-14-25(31)22-12-10-21(11-13-22)20-6-2-1-3-7-20/h1-13H,14-19H2. The molecule has 6 heteroatoms. The highest BCUT2D eigenvalue weighted by Gasteiger charge is 2.26. The number of amides is 2. The Morgan fingerprint density at radius 1 is 0.667 bits per heavy atom. The Hall–Kier alpha value is -3.80. The van der Waals surface area contributed by atoms with Crippen LogP contribution in [0.25, 0.3) is 11.1 Å². The first kappa shape index (κ1) is 22.4. The molecule has 0 aromatic heterocycles. The zero-order valence-electron chi connectivity index (χ0n) is 18.2. The number of nitrogens with zero attached hydrogens (tertiary/aromatic N) is 2. The number of ketones is 1. The molecule has 0 atom stereocenters. The van der Waals surface area contributed by atoms with Gasteiger partial charge in [0.2, 0.25) is 5.91 Å². The van der Waals surface area contributed by atoms with E-state index in [0.717, 1.165) is 11.1 Å². The maximum atomic E-state index is 13.9. The van der Waals surface area contributed by atoms with Gasteiger partial charge in [0.15, 0.2) is 5.78 Å². The number of rotatable bonds is 6. The molecule has 0 bridgehead atoms. The van der Waals surface area contributed by atoms with Crippen molar-refractivity contribution >= 4 is 17.6 Å². The second kappa shape index (κ2) is 10.2. The average Bonchev–Trinajstić information content (AvgIpc) is 2.87. The first-order valence-electron chi connectivity index (χ1n) is 11.0. The molecule has 1 heterocycles. The molecule has 0 saturated carbocycles. The third-order valence-corrected chi connectivity index (χ3v) is 5.90. The van der Waals surface area contributed by atoms with E-state index >= 15 is 0 Å². The first-order chi connectivity index (χ1) is 16.0. The Morgan fingerprint density at radius 3 is 1.91 bits per heavy atom. The number of halogens is 1. The summed E-state index contributed by atoms with van der Waals surface area (Å²) in [6, 6.07) is 23.2. The van der Waals surface area contributed by atoms with Crippen LogP contribution in [-0.2, 0) is 4.79 Å². The van der Waals surface area contributed by atoms with Crippen LogP contribution < -0.4 is 0 Å². The number of carbonyl (C=O) groups excluding carboxylic acids is 3. The minimum absolute atomic E-state index is 0.0427. The van der Waals surface area contributed by atoms with Crippen molar-refractivity contribution in [2.45, 2.75) is 12.8 Å². The minimum Gasteiger partial charge on any atom is -0.339 e. The van der Waals surface area contributed by atoms with Crippen molar-refractivity contribution in [2.75, 3.05) is 26.2 Å². The van der Waals surface area contributed by atoms with Gasteiger partial charge in [-0.3, -0.25) is 14.4 Å². The molecule has 4 rings (SSSR count). The van der Waals surface area contributed by atoms with Crippen LogP contribution in [0.1, 0.15) is 33.6 Å². The lowest BCUT2D eigenvalue weighted by Gasteiger charge is -2.35. The fourth-order valence-corrected chi connectivity index (χ4v) is 3.97. The quantitative estimate of drug-likeness (QED) is 0.528. The third-order valence-electron chi connectivity index (χ3n) is 5.90. The van der Waals surface area contributed by atoms with Gasteiger partial charge >= 0.3 is 0 Å². The van der Waals surface area contributed by atoms with Gasteiger partial charge in [-0.1, -0.05) is 66.7 Å². The Bertz CT molecular complexity index is 1140. The Balaban J connectivity index is 1.26. The summed E-state index contributed by atoms with van der Waals surface area (Å²) in [5, 5.41) is 0. The number of Topliss-reactive ketones (excluding diaryl/α,β-unsaturated/α-hetero) is 1. The van der Waals surface area contributed by atoms with Crippen LogP contribution in [0.5, 0.6) is 0 Å². The summed E-state index contributed by atoms with van der Waals surface area (Å²) in [6.07, 6.45) is 0.262. The van der Waals surface area contributed by atoms with Crippen LogP contribution in [0.3, 0.4) is 0 Å². The SMILES string of the molecule is O=C(CCC(=O)N1CCN(C(=O)c2ccccc2F)CC1)c1ccc(-c2ccccc2)cc1. The highest BCUT2D eigenvalue weighted by molar-refractivity contribution is 5.98. The van der Waals surface area contributed by atoms with Crippen molar-refractivity contribution in [3.8, 4) is 11.1 Å². The van der Waals surface area contributed by atoms with E-state index in [1.807, 2.05) is 42.5 Å². The number of benzene rings is 3. The van der Waals surface area contributed by atoms with E-state index in [9.17, 15) is 18.8 Å². The maximum Gasteiger partial charge on any atom is 0.256 e. The van der Waals surface area contributed by atoms with Crippen molar-refractivity contribution in [1.29, 1.82) is 0 Å². The second-order valence-electron chi connectivity index (χ2n) is 8.02. The number of hydrogen-bond acceptors (Lipinski definition) is 3. The highest BCUT2D eigenvalue weighted by atomic mass is 19.1. The van der Waals surface area contributed by atoms with Crippen LogP contribution in [-0.4, -0.2) is 53.6 Å². The van der Waals surface area contributed by atoms with Gasteiger partial charge < -0.3 is 9.80 Å². The van der Waals surface area contributed by atoms with Gasteiger partial charge in [0.25, 0.3) is 5.91 Å². The Labute approximate surface area is 192 Å². The summed E-state index contributed by atoms with van der Waals surface area (Å²) in [7, 11) is 0. The van der Waals surface area contributed by atoms with E-state index in [4.69, 9.17) is 0 Å². The van der Waals surface area contributed by atoms with Gasteiger partial charge in [0.1, 0.15) is 5.82 Å². The maximum absolute atomic E-state index is 13.9. The molecule has 1 saturated heterocycles. The summed E-state index contributed by atoms with van der Waals surface area (Å²) in [5.41, 5.74) is 2.74. The van der Waals surface area contributed by atoms with Gasteiger partial charge in [-0.05, 0) is 23.3 Å². The predicted octanol–water partition coefficient (Wildman–Crippen LogP) is 4.44. The molecule has 168 valence electrons. The van der Waals surface area contributed by atoms with Crippen molar-refractivity contribution < 1.29 is 18.8 Å². The predicted molar refractivity (Wildman–Crippen MR) is 124 cm³/mol. The van der Waals surface area contributed by atoms with Crippen molar-refractivity contribution in [3.63, 3.8) is 0 Å². The molecule has 3 aromatic carbocycles. The van der Waals surface area contributed by atoms with Crippen LogP contribution >= 0.6 is 0 Å². The van der Waals surface area contributed by atoms with Crippen LogP contribution in [0.2, 0.25) is 0 Å². The molecule has 0 aliphatic carbocycles. The molecule has 1 fully saturated rings. The largest absolute Gasteiger partial charge is 0.339 e. The normalized spacial score (nSPS) is 13.6. The summed E-state index contributed by atoms with van der Waals surface area (Å²) in [5.74, 6) is -1.09. The molecule has 2 amide bonds. The van der Waals surface area contributed by atoms with Crippen molar-refractivity contribution in [2.24, 2.45) is 0 Å². The fourth-order valence-electron chi connectivity index (χ4n) is 3.97. The van der Waals surface area contributed by atoms with Gasteiger partial charge in [-0.15, -0.1) is 0 Å². The van der Waals surface area contributed by atoms with Gasteiger partial charge in [-0.2, -0.15) is 0 Å². The molecule has 0 radical (unpaired) electrons. The molecule has 3 aromatic rings. The van der Waals surface area contributed by atoms with E-state index in [1.54, 1.807) is 34.1 Å². The van der Waals surface area contributed by atoms with Crippen LogP contribution in [0, 0.1) is 5.82 Å². The lowest BCUT2D eigenvalue weighted by Crippen LogP contribution is -2.50. The van der Waals surface area contributed by atoms with E-state index < -0.39 is 5.82 Å². The summed E-state index contributed by atoms with van der Waals surface area (Å²) >= 11 is 0. The summed E-state index contributed by atoms with van der Waals surface area (Å²) in [4.78, 5) is 40.9.